The Labute approximate surface area is 99.6 Å². The molecule has 1 aromatic rings. The van der Waals surface area contributed by atoms with Crippen molar-refractivity contribution in [1.29, 1.82) is 0 Å². The third-order valence-corrected chi connectivity index (χ3v) is 2.88. The smallest absolute Gasteiger partial charge is 0.229 e. The zero-order valence-electron chi connectivity index (χ0n) is 8.73. The van der Waals surface area contributed by atoms with Crippen LogP contribution in [-0.2, 0) is 10.0 Å². The van der Waals surface area contributed by atoms with Crippen LogP contribution in [0.3, 0.4) is 0 Å². The van der Waals surface area contributed by atoms with Crippen molar-refractivity contribution in [1.82, 2.24) is 0 Å². The molecule has 0 bridgehead atoms. The molecule has 0 aliphatic heterocycles. The molecule has 1 fully saturated rings. The van der Waals surface area contributed by atoms with Gasteiger partial charge in [-0.3, -0.25) is 4.72 Å². The Morgan fingerprint density at radius 2 is 2.12 bits per heavy atom. The van der Waals surface area contributed by atoms with Gasteiger partial charge in [-0.25, -0.2) is 8.42 Å². The van der Waals surface area contributed by atoms with Gasteiger partial charge in [-0.05, 0) is 25.0 Å². The van der Waals surface area contributed by atoms with E-state index in [-0.39, 0.29) is 6.10 Å². The number of rotatable bonds is 4. The summed E-state index contributed by atoms with van der Waals surface area (Å²) in [5, 5.41) is 0.523. The molecule has 1 aliphatic rings. The van der Waals surface area contributed by atoms with Crippen LogP contribution in [0.2, 0.25) is 5.02 Å². The number of anilines is 1. The van der Waals surface area contributed by atoms with Crippen molar-refractivity contribution in [2.45, 2.75) is 18.9 Å². The maximum atomic E-state index is 11.1. The molecular formula is C10H12ClNO3S. The number of benzene rings is 1. The Hall–Kier alpha value is -0.940. The Bertz CT molecular complexity index is 497. The van der Waals surface area contributed by atoms with Gasteiger partial charge in [0, 0.05) is 11.1 Å². The molecular weight excluding hydrogens is 250 g/mol. The zero-order chi connectivity index (χ0) is 11.8. The molecule has 0 spiro atoms. The van der Waals surface area contributed by atoms with Gasteiger partial charge in [0.2, 0.25) is 10.0 Å². The van der Waals surface area contributed by atoms with E-state index in [4.69, 9.17) is 16.3 Å². The van der Waals surface area contributed by atoms with Crippen LogP contribution in [0.15, 0.2) is 18.2 Å². The van der Waals surface area contributed by atoms with Crippen molar-refractivity contribution >= 4 is 27.3 Å². The van der Waals surface area contributed by atoms with Crippen LogP contribution in [-0.4, -0.2) is 20.8 Å². The van der Waals surface area contributed by atoms with Crippen LogP contribution in [0.1, 0.15) is 12.8 Å². The second-order valence-electron chi connectivity index (χ2n) is 3.83. The van der Waals surface area contributed by atoms with Crippen molar-refractivity contribution in [3.05, 3.63) is 23.2 Å². The molecule has 2 rings (SSSR count). The highest BCUT2D eigenvalue weighted by Crippen LogP contribution is 2.34. The standard InChI is InChI=1S/C10H12ClNO3S/c1-16(13,14)12-9-5-2-7(11)6-10(9)15-8-3-4-8/h2,5-6,8,12H,3-4H2,1H3. The highest BCUT2D eigenvalue weighted by atomic mass is 35.5. The van der Waals surface area contributed by atoms with E-state index in [1.165, 1.54) is 0 Å². The topological polar surface area (TPSA) is 55.4 Å². The molecule has 0 radical (unpaired) electrons. The summed E-state index contributed by atoms with van der Waals surface area (Å²) in [5.74, 6) is 0.487. The second kappa shape index (κ2) is 4.14. The summed E-state index contributed by atoms with van der Waals surface area (Å²) in [6.45, 7) is 0. The highest BCUT2D eigenvalue weighted by Gasteiger charge is 2.25. The molecule has 4 nitrogen and oxygen atoms in total. The van der Waals surface area contributed by atoms with E-state index in [1.54, 1.807) is 18.2 Å². The summed E-state index contributed by atoms with van der Waals surface area (Å²) < 4.78 is 30.2. The Kier molecular flexibility index (Phi) is 2.99. The molecule has 0 amide bonds. The molecule has 16 heavy (non-hydrogen) atoms. The first-order valence-corrected chi connectivity index (χ1v) is 7.15. The largest absolute Gasteiger partial charge is 0.488 e. The van der Waals surface area contributed by atoms with Crippen LogP contribution >= 0.6 is 11.6 Å². The summed E-state index contributed by atoms with van der Waals surface area (Å²) in [7, 11) is -3.30. The predicted octanol–water partition coefficient (Wildman–Crippen LogP) is 2.25. The molecule has 0 atom stereocenters. The molecule has 6 heteroatoms. The lowest BCUT2D eigenvalue weighted by atomic mass is 10.3. The molecule has 1 N–H and O–H groups in total. The Balaban J connectivity index is 2.27. The summed E-state index contributed by atoms with van der Waals surface area (Å²) in [6.07, 6.45) is 3.30. The number of nitrogens with one attached hydrogen (secondary N) is 1. The maximum Gasteiger partial charge on any atom is 0.229 e. The van der Waals surface area contributed by atoms with E-state index in [2.05, 4.69) is 4.72 Å². The van der Waals surface area contributed by atoms with Crippen molar-refractivity contribution in [3.8, 4) is 5.75 Å². The fourth-order valence-electron chi connectivity index (χ4n) is 1.24. The third-order valence-electron chi connectivity index (χ3n) is 2.06. The molecule has 0 unspecified atom stereocenters. The van der Waals surface area contributed by atoms with Crippen molar-refractivity contribution in [2.24, 2.45) is 0 Å². The minimum Gasteiger partial charge on any atom is -0.488 e. The average molecular weight is 262 g/mol. The quantitative estimate of drug-likeness (QED) is 0.904. The normalized spacial score (nSPS) is 15.9. The molecule has 1 aliphatic carbocycles. The predicted molar refractivity (Wildman–Crippen MR) is 63.6 cm³/mol. The van der Waals surface area contributed by atoms with Crippen LogP contribution < -0.4 is 9.46 Å². The van der Waals surface area contributed by atoms with Crippen LogP contribution in [0.25, 0.3) is 0 Å². The number of hydrogen-bond acceptors (Lipinski definition) is 3. The highest BCUT2D eigenvalue weighted by molar-refractivity contribution is 7.92. The number of sulfonamides is 1. The molecule has 0 saturated heterocycles. The minimum atomic E-state index is -3.30. The van der Waals surface area contributed by atoms with Gasteiger partial charge >= 0.3 is 0 Å². The summed E-state index contributed by atoms with van der Waals surface area (Å²) >= 11 is 5.83. The Morgan fingerprint density at radius 3 is 2.69 bits per heavy atom. The fraction of sp³-hybridized carbons (Fsp3) is 0.400. The maximum absolute atomic E-state index is 11.1. The van der Waals surface area contributed by atoms with Gasteiger partial charge in [0.25, 0.3) is 0 Å². The first-order chi connectivity index (χ1) is 7.44. The van der Waals surface area contributed by atoms with Gasteiger partial charge in [-0.15, -0.1) is 0 Å². The number of ether oxygens (including phenoxy) is 1. The molecule has 1 saturated carbocycles. The van der Waals surface area contributed by atoms with Gasteiger partial charge in [-0.2, -0.15) is 0 Å². The SMILES string of the molecule is CS(=O)(=O)Nc1ccc(Cl)cc1OC1CC1. The van der Waals surface area contributed by atoms with Crippen molar-refractivity contribution < 1.29 is 13.2 Å². The van der Waals surface area contributed by atoms with Crippen LogP contribution in [0.4, 0.5) is 5.69 Å². The zero-order valence-corrected chi connectivity index (χ0v) is 10.3. The first-order valence-electron chi connectivity index (χ1n) is 4.88. The minimum absolute atomic E-state index is 0.193. The first kappa shape index (κ1) is 11.5. The monoisotopic (exact) mass is 261 g/mol. The lowest BCUT2D eigenvalue weighted by Gasteiger charge is -2.11. The lowest BCUT2D eigenvalue weighted by Crippen LogP contribution is -2.11. The van der Waals surface area contributed by atoms with E-state index in [0.717, 1.165) is 19.1 Å². The van der Waals surface area contributed by atoms with Crippen LogP contribution in [0, 0.1) is 0 Å². The number of halogens is 1. The lowest BCUT2D eigenvalue weighted by molar-refractivity contribution is 0.305. The summed E-state index contributed by atoms with van der Waals surface area (Å²) in [5.41, 5.74) is 0.429. The van der Waals surface area contributed by atoms with Gasteiger partial charge in [0.15, 0.2) is 0 Å². The van der Waals surface area contributed by atoms with Crippen molar-refractivity contribution in [2.75, 3.05) is 11.0 Å². The average Bonchev–Trinajstić information content (AvgIpc) is 2.91. The van der Waals surface area contributed by atoms with Crippen LogP contribution in [0.5, 0.6) is 5.75 Å². The van der Waals surface area contributed by atoms with Gasteiger partial charge in [-0.1, -0.05) is 11.6 Å². The molecule has 1 aromatic carbocycles. The van der Waals surface area contributed by atoms with E-state index < -0.39 is 10.0 Å². The Morgan fingerprint density at radius 1 is 1.44 bits per heavy atom. The fourth-order valence-corrected chi connectivity index (χ4v) is 1.97. The van der Waals surface area contributed by atoms with Gasteiger partial charge in [0.05, 0.1) is 18.0 Å². The van der Waals surface area contributed by atoms with Crippen molar-refractivity contribution in [3.63, 3.8) is 0 Å². The second-order valence-corrected chi connectivity index (χ2v) is 6.02. The molecule has 0 heterocycles. The summed E-state index contributed by atoms with van der Waals surface area (Å²) in [4.78, 5) is 0. The third kappa shape index (κ3) is 3.28. The van der Waals surface area contributed by atoms with E-state index >= 15 is 0 Å². The summed E-state index contributed by atoms with van der Waals surface area (Å²) in [6, 6.07) is 4.84. The van der Waals surface area contributed by atoms with E-state index in [9.17, 15) is 8.42 Å². The van der Waals surface area contributed by atoms with E-state index in [0.29, 0.717) is 16.5 Å². The number of hydrogen-bond donors (Lipinski definition) is 1. The van der Waals surface area contributed by atoms with Gasteiger partial charge in [0.1, 0.15) is 5.75 Å². The molecule has 88 valence electrons. The van der Waals surface area contributed by atoms with Gasteiger partial charge < -0.3 is 4.74 Å². The molecule has 0 aromatic heterocycles. The van der Waals surface area contributed by atoms with E-state index in [1.807, 2.05) is 0 Å².